The van der Waals surface area contributed by atoms with E-state index < -0.39 is 6.10 Å². The molecule has 15 heavy (non-hydrogen) atoms. The summed E-state index contributed by atoms with van der Waals surface area (Å²) >= 11 is 6.41. The van der Waals surface area contributed by atoms with Gasteiger partial charge in [-0.2, -0.15) is 0 Å². The van der Waals surface area contributed by atoms with Crippen LogP contribution in [-0.4, -0.2) is 12.2 Å². The highest BCUT2D eigenvalue weighted by molar-refractivity contribution is 9.11. The van der Waals surface area contributed by atoms with E-state index in [0.717, 1.165) is 19.3 Å². The highest BCUT2D eigenvalue weighted by Gasteiger charge is 2.18. The molecule has 0 aliphatic carbocycles. The summed E-state index contributed by atoms with van der Waals surface area (Å²) in [7, 11) is 1.61. The van der Waals surface area contributed by atoms with E-state index in [2.05, 4.69) is 15.9 Å². The quantitative estimate of drug-likeness (QED) is 0.937. The molecule has 2 heterocycles. The molecule has 0 spiro atoms. The maximum absolute atomic E-state index is 10.1. The zero-order chi connectivity index (χ0) is 10.8. The molecule has 2 rings (SSSR count). The molecule has 0 aromatic carbocycles. The fraction of sp³-hybridized carbons (Fsp3) is 0.200. The second kappa shape index (κ2) is 4.65. The maximum atomic E-state index is 10.1. The van der Waals surface area contributed by atoms with Gasteiger partial charge >= 0.3 is 0 Å². The van der Waals surface area contributed by atoms with Gasteiger partial charge in [0.05, 0.1) is 15.8 Å². The standard InChI is InChI=1S/C10H9BrO2S2/c1-13-6-4-5-14-10(6)9(12)7-2-3-8(11)15-7/h2-5,9,12H,1H3. The maximum Gasteiger partial charge on any atom is 0.135 e. The first kappa shape index (κ1) is 11.1. The van der Waals surface area contributed by atoms with Gasteiger partial charge in [0.25, 0.3) is 0 Å². The van der Waals surface area contributed by atoms with Crippen LogP contribution in [0.3, 0.4) is 0 Å². The smallest absolute Gasteiger partial charge is 0.135 e. The number of ether oxygens (including phenoxy) is 1. The minimum atomic E-state index is -0.587. The van der Waals surface area contributed by atoms with E-state index in [1.165, 1.54) is 22.7 Å². The number of aliphatic hydroxyl groups excluding tert-OH is 1. The number of methoxy groups -OCH3 is 1. The number of hydrogen-bond donors (Lipinski definition) is 1. The summed E-state index contributed by atoms with van der Waals surface area (Å²) in [6.07, 6.45) is -0.587. The molecule has 1 unspecified atom stereocenters. The average Bonchev–Trinajstić information content (AvgIpc) is 2.84. The summed E-state index contributed by atoms with van der Waals surface area (Å²) in [5, 5.41) is 12.0. The molecule has 0 radical (unpaired) electrons. The van der Waals surface area contributed by atoms with Crippen LogP contribution in [-0.2, 0) is 0 Å². The number of halogens is 1. The van der Waals surface area contributed by atoms with Crippen LogP contribution in [0.15, 0.2) is 27.4 Å². The first-order valence-corrected chi connectivity index (χ1v) is 6.76. The monoisotopic (exact) mass is 304 g/mol. The third-order valence-electron chi connectivity index (χ3n) is 1.99. The topological polar surface area (TPSA) is 29.5 Å². The van der Waals surface area contributed by atoms with Gasteiger partial charge in [-0.1, -0.05) is 0 Å². The first-order valence-electron chi connectivity index (χ1n) is 4.27. The van der Waals surface area contributed by atoms with Crippen LogP contribution in [0, 0.1) is 0 Å². The molecule has 80 valence electrons. The fourth-order valence-electron chi connectivity index (χ4n) is 1.28. The molecule has 0 fully saturated rings. The highest BCUT2D eigenvalue weighted by Crippen LogP contribution is 2.38. The van der Waals surface area contributed by atoms with Gasteiger partial charge < -0.3 is 9.84 Å². The van der Waals surface area contributed by atoms with Crippen LogP contribution in [0.25, 0.3) is 0 Å². The van der Waals surface area contributed by atoms with Crippen molar-refractivity contribution in [3.05, 3.63) is 37.1 Å². The Morgan fingerprint density at radius 1 is 1.40 bits per heavy atom. The lowest BCUT2D eigenvalue weighted by Gasteiger charge is -2.08. The van der Waals surface area contributed by atoms with Gasteiger partial charge in [-0.05, 0) is 39.5 Å². The molecule has 2 aromatic heterocycles. The Hall–Kier alpha value is -0.360. The van der Waals surface area contributed by atoms with E-state index in [1.54, 1.807) is 7.11 Å². The van der Waals surface area contributed by atoms with Gasteiger partial charge in [0.1, 0.15) is 11.9 Å². The Kier molecular flexibility index (Phi) is 3.45. The normalized spacial score (nSPS) is 12.7. The molecular formula is C10H9BrO2S2. The van der Waals surface area contributed by atoms with Crippen molar-refractivity contribution in [3.63, 3.8) is 0 Å². The minimum absolute atomic E-state index is 0.587. The highest BCUT2D eigenvalue weighted by atomic mass is 79.9. The molecule has 0 bridgehead atoms. The summed E-state index contributed by atoms with van der Waals surface area (Å²) in [5.41, 5.74) is 0. The number of hydrogen-bond acceptors (Lipinski definition) is 4. The SMILES string of the molecule is COc1ccsc1C(O)c1ccc(Br)s1. The van der Waals surface area contributed by atoms with Gasteiger partial charge in [0, 0.05) is 4.88 Å². The third-order valence-corrected chi connectivity index (χ3v) is 4.62. The first-order chi connectivity index (χ1) is 7.22. The van der Waals surface area contributed by atoms with Crippen LogP contribution >= 0.6 is 38.6 Å². The second-order valence-corrected chi connectivity index (χ2v) is 6.34. The summed E-state index contributed by atoms with van der Waals surface area (Å²) in [4.78, 5) is 1.77. The Balaban J connectivity index is 2.31. The van der Waals surface area contributed by atoms with Crippen molar-refractivity contribution in [3.8, 4) is 5.75 Å². The summed E-state index contributed by atoms with van der Waals surface area (Å²) < 4.78 is 6.20. The molecular weight excluding hydrogens is 296 g/mol. The number of thiophene rings is 2. The van der Waals surface area contributed by atoms with Crippen LogP contribution in [0.2, 0.25) is 0 Å². The zero-order valence-electron chi connectivity index (χ0n) is 7.94. The van der Waals surface area contributed by atoms with Crippen molar-refractivity contribution in [2.24, 2.45) is 0 Å². The van der Waals surface area contributed by atoms with Crippen molar-refractivity contribution >= 4 is 38.6 Å². The second-order valence-electron chi connectivity index (χ2n) is 2.90. The molecule has 1 atom stereocenters. The van der Waals surface area contributed by atoms with Crippen molar-refractivity contribution in [2.45, 2.75) is 6.10 Å². The summed E-state index contributed by atoms with van der Waals surface area (Å²) in [6.45, 7) is 0. The molecule has 0 aliphatic heterocycles. The summed E-state index contributed by atoms with van der Waals surface area (Å²) in [6, 6.07) is 5.72. The zero-order valence-corrected chi connectivity index (χ0v) is 11.2. The molecule has 0 saturated carbocycles. The van der Waals surface area contributed by atoms with Crippen LogP contribution < -0.4 is 4.74 Å². The predicted molar refractivity (Wildman–Crippen MR) is 67.0 cm³/mol. The molecule has 2 nitrogen and oxygen atoms in total. The lowest BCUT2D eigenvalue weighted by atomic mass is 10.2. The van der Waals surface area contributed by atoms with Gasteiger partial charge in [-0.15, -0.1) is 22.7 Å². The summed E-state index contributed by atoms with van der Waals surface area (Å²) in [5.74, 6) is 0.747. The van der Waals surface area contributed by atoms with Crippen molar-refractivity contribution in [1.82, 2.24) is 0 Å². The van der Waals surface area contributed by atoms with Crippen LogP contribution in [0.5, 0.6) is 5.75 Å². The average molecular weight is 305 g/mol. The lowest BCUT2D eigenvalue weighted by molar-refractivity contribution is 0.223. The molecule has 1 N–H and O–H groups in total. The molecule has 0 saturated heterocycles. The lowest BCUT2D eigenvalue weighted by Crippen LogP contribution is -1.96. The Bertz CT molecular complexity index is 450. The van der Waals surface area contributed by atoms with Crippen LogP contribution in [0.4, 0.5) is 0 Å². The van der Waals surface area contributed by atoms with Gasteiger partial charge in [0.2, 0.25) is 0 Å². The van der Waals surface area contributed by atoms with Crippen molar-refractivity contribution in [2.75, 3.05) is 7.11 Å². The van der Waals surface area contributed by atoms with Gasteiger partial charge in [-0.25, -0.2) is 0 Å². The van der Waals surface area contributed by atoms with Crippen molar-refractivity contribution < 1.29 is 9.84 Å². The Morgan fingerprint density at radius 3 is 2.80 bits per heavy atom. The van der Waals surface area contributed by atoms with E-state index in [-0.39, 0.29) is 0 Å². The Morgan fingerprint density at radius 2 is 2.20 bits per heavy atom. The predicted octanol–water partition coefficient (Wildman–Crippen LogP) is 3.66. The van der Waals surface area contributed by atoms with Crippen LogP contribution in [0.1, 0.15) is 15.9 Å². The number of rotatable bonds is 3. The third kappa shape index (κ3) is 2.25. The van der Waals surface area contributed by atoms with E-state index in [1.807, 2.05) is 23.6 Å². The minimum Gasteiger partial charge on any atom is -0.495 e. The van der Waals surface area contributed by atoms with Gasteiger partial charge in [-0.3, -0.25) is 0 Å². The van der Waals surface area contributed by atoms with E-state index in [4.69, 9.17) is 4.74 Å². The van der Waals surface area contributed by atoms with E-state index >= 15 is 0 Å². The van der Waals surface area contributed by atoms with Gasteiger partial charge in [0.15, 0.2) is 0 Å². The fourth-order valence-corrected chi connectivity index (χ4v) is 3.64. The molecule has 5 heteroatoms. The molecule has 0 amide bonds. The van der Waals surface area contributed by atoms with E-state index in [0.29, 0.717) is 0 Å². The largest absolute Gasteiger partial charge is 0.495 e. The number of aliphatic hydroxyl groups is 1. The van der Waals surface area contributed by atoms with E-state index in [9.17, 15) is 5.11 Å². The van der Waals surface area contributed by atoms with Crippen molar-refractivity contribution in [1.29, 1.82) is 0 Å². The molecule has 2 aromatic rings. The molecule has 0 aliphatic rings. The Labute approximate surface area is 104 Å².